The maximum atomic E-state index is 6.02. The second-order valence-corrected chi connectivity index (χ2v) is 6.32. The van der Waals surface area contributed by atoms with E-state index in [1.54, 1.807) is 24.4 Å². The maximum absolute atomic E-state index is 6.02. The number of piperazine rings is 1. The summed E-state index contributed by atoms with van der Waals surface area (Å²) < 4.78 is 0. The Kier molecular flexibility index (Phi) is 5.20. The van der Waals surface area contributed by atoms with Gasteiger partial charge in [0, 0.05) is 48.1 Å². The van der Waals surface area contributed by atoms with Crippen LogP contribution in [0.5, 0.6) is 0 Å². The highest BCUT2D eigenvalue weighted by Gasteiger charge is 2.17. The van der Waals surface area contributed by atoms with Crippen molar-refractivity contribution in [2.24, 2.45) is 0 Å². The third-order valence-corrected chi connectivity index (χ3v) is 4.34. The molecule has 0 spiro atoms. The van der Waals surface area contributed by atoms with E-state index in [0.29, 0.717) is 16.0 Å². The molecule has 0 aliphatic carbocycles. The fourth-order valence-corrected chi connectivity index (χ4v) is 3.16. The Bertz CT molecular complexity index is 651. The Morgan fingerprint density at radius 1 is 1.09 bits per heavy atom. The molecular formula is C16H19Cl2N5. The van der Waals surface area contributed by atoms with Crippen LogP contribution in [0.2, 0.25) is 10.0 Å². The third-order valence-electron chi connectivity index (χ3n) is 3.90. The molecule has 0 unspecified atom stereocenters. The molecule has 3 rings (SSSR count). The lowest BCUT2D eigenvalue weighted by molar-refractivity contribution is 0.270. The average molecular weight is 352 g/mol. The summed E-state index contributed by atoms with van der Waals surface area (Å²) in [4.78, 5) is 13.6. The Labute approximate surface area is 146 Å². The van der Waals surface area contributed by atoms with Crippen molar-refractivity contribution < 1.29 is 0 Å². The number of aromatic nitrogens is 2. The molecule has 1 aromatic heterocycles. The van der Waals surface area contributed by atoms with Crippen LogP contribution in [0.3, 0.4) is 0 Å². The lowest BCUT2D eigenvalue weighted by Crippen LogP contribution is -2.46. The molecule has 7 heteroatoms. The number of nitrogens with one attached hydrogen (secondary N) is 1. The molecule has 0 bridgehead atoms. The number of hydrogen-bond donors (Lipinski definition) is 1. The molecule has 2 heterocycles. The van der Waals surface area contributed by atoms with E-state index in [1.165, 1.54) is 0 Å². The molecule has 122 valence electrons. The summed E-state index contributed by atoms with van der Waals surface area (Å²) in [6.45, 7) is 7.37. The zero-order valence-corrected chi connectivity index (χ0v) is 14.5. The van der Waals surface area contributed by atoms with Gasteiger partial charge in [0.05, 0.1) is 0 Å². The monoisotopic (exact) mass is 351 g/mol. The van der Waals surface area contributed by atoms with Crippen LogP contribution in [0, 0.1) is 0 Å². The van der Waals surface area contributed by atoms with Crippen molar-refractivity contribution in [3.05, 3.63) is 40.5 Å². The number of rotatable bonds is 4. The number of nitrogens with zero attached hydrogens (tertiary/aromatic N) is 4. The Balaban J connectivity index is 1.72. The van der Waals surface area contributed by atoms with Crippen molar-refractivity contribution >= 4 is 40.7 Å². The largest absolute Gasteiger partial charge is 0.354 e. The van der Waals surface area contributed by atoms with Crippen molar-refractivity contribution in [2.45, 2.75) is 6.92 Å². The zero-order valence-electron chi connectivity index (χ0n) is 13.0. The number of likely N-dealkylation sites (N-methyl/N-ethyl adjacent to an activating group) is 1. The fraction of sp³-hybridized carbons (Fsp3) is 0.375. The van der Waals surface area contributed by atoms with E-state index in [9.17, 15) is 0 Å². The molecule has 1 aliphatic rings. The second kappa shape index (κ2) is 7.34. The lowest BCUT2D eigenvalue weighted by Gasteiger charge is -2.34. The molecule has 2 aromatic rings. The number of halogens is 2. The molecule has 1 aromatic carbocycles. The van der Waals surface area contributed by atoms with Crippen LogP contribution in [-0.4, -0.2) is 47.6 Å². The van der Waals surface area contributed by atoms with Gasteiger partial charge in [0.2, 0.25) is 5.95 Å². The Hall–Kier alpha value is -1.56. The summed E-state index contributed by atoms with van der Waals surface area (Å²) >= 11 is 12.0. The van der Waals surface area contributed by atoms with E-state index in [0.717, 1.165) is 44.2 Å². The van der Waals surface area contributed by atoms with Crippen LogP contribution in [-0.2, 0) is 0 Å². The average Bonchev–Trinajstić information content (AvgIpc) is 2.54. The first-order valence-electron chi connectivity index (χ1n) is 7.67. The molecule has 0 radical (unpaired) electrons. The molecule has 1 N–H and O–H groups in total. The van der Waals surface area contributed by atoms with Crippen LogP contribution in [0.4, 0.5) is 17.5 Å². The third kappa shape index (κ3) is 4.25. The van der Waals surface area contributed by atoms with Gasteiger partial charge in [0.15, 0.2) is 0 Å². The Morgan fingerprint density at radius 2 is 1.78 bits per heavy atom. The highest BCUT2D eigenvalue weighted by Crippen LogP contribution is 2.24. The highest BCUT2D eigenvalue weighted by atomic mass is 35.5. The number of anilines is 3. The molecule has 0 atom stereocenters. The fourth-order valence-electron chi connectivity index (χ4n) is 2.63. The predicted molar refractivity (Wildman–Crippen MR) is 96.1 cm³/mol. The van der Waals surface area contributed by atoms with E-state index in [-0.39, 0.29) is 0 Å². The maximum Gasteiger partial charge on any atom is 0.229 e. The lowest BCUT2D eigenvalue weighted by atomic mass is 10.3. The number of hydrogen-bond acceptors (Lipinski definition) is 5. The summed E-state index contributed by atoms with van der Waals surface area (Å²) in [5, 5.41) is 4.31. The minimum absolute atomic E-state index is 0.541. The van der Waals surface area contributed by atoms with Gasteiger partial charge in [-0.2, -0.15) is 4.98 Å². The van der Waals surface area contributed by atoms with Gasteiger partial charge in [-0.1, -0.05) is 30.1 Å². The SMILES string of the molecule is CCN1CCN(c2ccnc(Nc3cc(Cl)cc(Cl)c3)n2)CC1. The summed E-state index contributed by atoms with van der Waals surface area (Å²) in [5.74, 6) is 1.48. The van der Waals surface area contributed by atoms with Gasteiger partial charge in [-0.05, 0) is 30.8 Å². The Morgan fingerprint density at radius 3 is 2.43 bits per heavy atom. The first-order valence-corrected chi connectivity index (χ1v) is 8.43. The smallest absolute Gasteiger partial charge is 0.229 e. The van der Waals surface area contributed by atoms with Crippen LogP contribution in [0.25, 0.3) is 0 Å². The van der Waals surface area contributed by atoms with Gasteiger partial charge in [-0.25, -0.2) is 4.98 Å². The molecular weight excluding hydrogens is 333 g/mol. The van der Waals surface area contributed by atoms with Gasteiger partial charge in [-0.3, -0.25) is 0 Å². The van der Waals surface area contributed by atoms with Gasteiger partial charge in [0.25, 0.3) is 0 Å². The van der Waals surface area contributed by atoms with Crippen LogP contribution >= 0.6 is 23.2 Å². The molecule has 5 nitrogen and oxygen atoms in total. The van der Waals surface area contributed by atoms with E-state index in [1.807, 2.05) is 6.07 Å². The van der Waals surface area contributed by atoms with Gasteiger partial charge in [-0.15, -0.1) is 0 Å². The minimum Gasteiger partial charge on any atom is -0.354 e. The van der Waals surface area contributed by atoms with Crippen molar-refractivity contribution in [1.82, 2.24) is 14.9 Å². The molecule has 1 fully saturated rings. The van der Waals surface area contributed by atoms with Crippen LogP contribution in [0.1, 0.15) is 6.92 Å². The first-order chi connectivity index (χ1) is 11.1. The molecule has 1 saturated heterocycles. The normalized spacial score (nSPS) is 15.7. The van der Waals surface area contributed by atoms with Crippen molar-refractivity contribution in [2.75, 3.05) is 42.9 Å². The highest BCUT2D eigenvalue weighted by molar-refractivity contribution is 6.35. The van der Waals surface area contributed by atoms with E-state index in [4.69, 9.17) is 23.2 Å². The molecule has 23 heavy (non-hydrogen) atoms. The second-order valence-electron chi connectivity index (χ2n) is 5.44. The summed E-state index contributed by atoms with van der Waals surface area (Å²) in [6.07, 6.45) is 1.77. The minimum atomic E-state index is 0.541. The van der Waals surface area contributed by atoms with Crippen LogP contribution < -0.4 is 10.2 Å². The van der Waals surface area contributed by atoms with E-state index >= 15 is 0 Å². The first kappa shape index (κ1) is 16.3. The quantitative estimate of drug-likeness (QED) is 0.910. The van der Waals surface area contributed by atoms with Crippen LogP contribution in [0.15, 0.2) is 30.5 Å². The summed E-state index contributed by atoms with van der Waals surface area (Å²) in [5.41, 5.74) is 0.774. The van der Waals surface area contributed by atoms with E-state index in [2.05, 4.69) is 32.0 Å². The summed E-state index contributed by atoms with van der Waals surface area (Å²) in [7, 11) is 0. The van der Waals surface area contributed by atoms with Crippen molar-refractivity contribution in [3.8, 4) is 0 Å². The van der Waals surface area contributed by atoms with Gasteiger partial charge in [0.1, 0.15) is 5.82 Å². The predicted octanol–water partition coefficient (Wildman–Crippen LogP) is 3.67. The summed E-state index contributed by atoms with van der Waals surface area (Å²) in [6, 6.07) is 7.23. The van der Waals surface area contributed by atoms with Gasteiger partial charge < -0.3 is 15.1 Å². The van der Waals surface area contributed by atoms with Crippen molar-refractivity contribution in [1.29, 1.82) is 0 Å². The standard InChI is InChI=1S/C16H19Cl2N5/c1-2-22-5-7-23(8-6-22)15-3-4-19-16(21-15)20-14-10-12(17)9-13(18)11-14/h3-4,9-11H,2,5-8H2,1H3,(H,19,20,21). The molecule has 1 aliphatic heterocycles. The molecule has 0 saturated carbocycles. The number of benzene rings is 1. The topological polar surface area (TPSA) is 44.3 Å². The zero-order chi connectivity index (χ0) is 16.2. The van der Waals surface area contributed by atoms with E-state index < -0.39 is 0 Å². The molecule has 0 amide bonds. The van der Waals surface area contributed by atoms with Gasteiger partial charge >= 0.3 is 0 Å². The van der Waals surface area contributed by atoms with Crippen molar-refractivity contribution in [3.63, 3.8) is 0 Å².